The Labute approximate surface area is 131 Å². The fourth-order valence-electron chi connectivity index (χ4n) is 1.71. The highest BCUT2D eigenvalue weighted by Crippen LogP contribution is 2.18. The third-order valence-corrected chi connectivity index (χ3v) is 2.88. The van der Waals surface area contributed by atoms with Crippen molar-refractivity contribution in [3.63, 3.8) is 0 Å². The average molecular weight is 316 g/mol. The molecule has 0 saturated heterocycles. The molecule has 2 aromatic carbocycles. The summed E-state index contributed by atoms with van der Waals surface area (Å²) in [5.74, 6) is -2.05. The Balaban J connectivity index is 2.12. The number of benzene rings is 2. The van der Waals surface area contributed by atoms with Crippen LogP contribution in [-0.2, 0) is 4.74 Å². The first-order valence-corrected chi connectivity index (χ1v) is 6.47. The lowest BCUT2D eigenvalue weighted by Gasteiger charge is -2.02. The van der Waals surface area contributed by atoms with Gasteiger partial charge in [0.05, 0.1) is 19.5 Å². The number of phenolic OH excluding ortho intramolecular Hbond substituents is 2. The van der Waals surface area contributed by atoms with Crippen molar-refractivity contribution in [2.75, 3.05) is 7.11 Å². The number of carbonyl (C=O) groups is 1. The zero-order chi connectivity index (χ0) is 16.8. The number of aromatic hydroxyl groups is 2. The third-order valence-electron chi connectivity index (χ3n) is 2.88. The molecule has 0 saturated carbocycles. The molecule has 2 rings (SSSR count). The summed E-state index contributed by atoms with van der Waals surface area (Å²) in [5, 5.41) is 26.2. The number of esters is 1. The summed E-state index contributed by atoms with van der Waals surface area (Å²) >= 11 is 0. The van der Waals surface area contributed by atoms with E-state index in [0.717, 1.165) is 6.07 Å². The van der Waals surface area contributed by atoms with Crippen molar-refractivity contribution in [3.05, 3.63) is 58.9 Å². The van der Waals surface area contributed by atoms with Crippen molar-refractivity contribution in [2.24, 2.45) is 10.2 Å². The number of hydrogen-bond acceptors (Lipinski definition) is 6. The van der Waals surface area contributed by atoms with Gasteiger partial charge in [0, 0.05) is 0 Å². The highest BCUT2D eigenvalue weighted by molar-refractivity contribution is 5.95. The molecule has 0 fully saturated rings. The number of rotatable bonds is 4. The topological polar surface area (TPSA) is 91.5 Å². The molecule has 0 amide bonds. The van der Waals surface area contributed by atoms with Gasteiger partial charge < -0.3 is 14.9 Å². The Morgan fingerprint density at radius 3 is 2.17 bits per heavy atom. The second-order valence-corrected chi connectivity index (χ2v) is 4.47. The van der Waals surface area contributed by atoms with Crippen LogP contribution in [0.3, 0.4) is 0 Å². The van der Waals surface area contributed by atoms with E-state index in [1.807, 2.05) is 0 Å². The molecule has 0 heterocycles. The maximum Gasteiger partial charge on any atom is 0.341 e. The van der Waals surface area contributed by atoms with Gasteiger partial charge in [-0.3, -0.25) is 0 Å². The van der Waals surface area contributed by atoms with Crippen molar-refractivity contribution in [3.8, 4) is 11.5 Å². The summed E-state index contributed by atoms with van der Waals surface area (Å²) < 4.78 is 17.7. The predicted molar refractivity (Wildman–Crippen MR) is 82.7 cm³/mol. The van der Waals surface area contributed by atoms with E-state index in [9.17, 15) is 14.3 Å². The van der Waals surface area contributed by atoms with Crippen LogP contribution in [0.4, 0.5) is 4.39 Å². The third kappa shape index (κ3) is 4.13. The summed E-state index contributed by atoms with van der Waals surface area (Å²) in [4.78, 5) is 11.4. The zero-order valence-corrected chi connectivity index (χ0v) is 12.1. The Morgan fingerprint density at radius 1 is 1.04 bits per heavy atom. The lowest BCUT2D eigenvalue weighted by atomic mass is 10.1. The van der Waals surface area contributed by atoms with Gasteiger partial charge in [0.15, 0.2) is 11.6 Å². The van der Waals surface area contributed by atoms with Crippen molar-refractivity contribution in [2.45, 2.75) is 0 Å². The Hall–Kier alpha value is -3.22. The van der Waals surface area contributed by atoms with Crippen LogP contribution in [0.2, 0.25) is 0 Å². The number of methoxy groups -OCH3 is 1. The maximum atomic E-state index is 13.1. The van der Waals surface area contributed by atoms with Crippen LogP contribution in [0.15, 0.2) is 46.6 Å². The summed E-state index contributed by atoms with van der Waals surface area (Å²) in [6, 6.07) is 8.09. The number of hydrogen-bond donors (Lipinski definition) is 2. The minimum absolute atomic E-state index is 0.0148. The molecular formula is C16H13FN2O4. The largest absolute Gasteiger partial charge is 0.507 e. The minimum Gasteiger partial charge on any atom is -0.507 e. The maximum absolute atomic E-state index is 13.1. The van der Waals surface area contributed by atoms with Crippen molar-refractivity contribution in [1.29, 1.82) is 0 Å². The van der Waals surface area contributed by atoms with Crippen molar-refractivity contribution in [1.82, 2.24) is 0 Å². The number of nitrogens with zero attached hydrogens (tertiary/aromatic N) is 2. The number of ether oxygens (including phenoxy) is 1. The first kappa shape index (κ1) is 16.2. The smallest absolute Gasteiger partial charge is 0.341 e. The van der Waals surface area contributed by atoms with Gasteiger partial charge >= 0.3 is 5.97 Å². The van der Waals surface area contributed by atoms with E-state index < -0.39 is 17.5 Å². The van der Waals surface area contributed by atoms with Gasteiger partial charge in [-0.25, -0.2) is 9.18 Å². The van der Waals surface area contributed by atoms with Gasteiger partial charge in [0.25, 0.3) is 0 Å². The van der Waals surface area contributed by atoms with Gasteiger partial charge in [-0.2, -0.15) is 10.2 Å². The van der Waals surface area contributed by atoms with Crippen LogP contribution in [0.1, 0.15) is 21.5 Å². The first-order valence-electron chi connectivity index (χ1n) is 6.47. The molecule has 0 atom stereocenters. The first-order chi connectivity index (χ1) is 11.0. The fraction of sp³-hybridized carbons (Fsp3) is 0.0625. The molecule has 2 N–H and O–H groups in total. The van der Waals surface area contributed by atoms with Crippen LogP contribution < -0.4 is 0 Å². The molecule has 0 aromatic heterocycles. The van der Waals surface area contributed by atoms with Gasteiger partial charge in [-0.05, 0) is 47.5 Å². The molecule has 2 aromatic rings. The second kappa shape index (κ2) is 7.17. The standard InChI is InChI=1S/C16H13FN2O4/c1-23-16(22)12-6-10(2-4-14(12)20)8-18-19-9-11-3-5-15(21)13(17)7-11/h2-9,20-21H,1H3/b18-8+,19-9+. The summed E-state index contributed by atoms with van der Waals surface area (Å²) in [6.45, 7) is 0. The van der Waals surface area contributed by atoms with Gasteiger partial charge in [0.2, 0.25) is 0 Å². The van der Waals surface area contributed by atoms with Crippen molar-refractivity contribution < 1.29 is 24.1 Å². The number of halogens is 1. The van der Waals surface area contributed by atoms with Crippen LogP contribution in [0, 0.1) is 5.82 Å². The molecule has 0 radical (unpaired) electrons. The SMILES string of the molecule is COC(=O)c1cc(/C=N/N=C/c2ccc(O)c(F)c2)ccc1O. The van der Waals surface area contributed by atoms with Crippen LogP contribution in [-0.4, -0.2) is 35.7 Å². The molecule has 0 unspecified atom stereocenters. The summed E-state index contributed by atoms with van der Waals surface area (Å²) in [5.41, 5.74) is 0.969. The van der Waals surface area contributed by atoms with Crippen LogP contribution in [0.5, 0.6) is 11.5 Å². The van der Waals surface area contributed by atoms with E-state index in [-0.39, 0.29) is 11.3 Å². The Morgan fingerprint density at radius 2 is 1.61 bits per heavy atom. The average Bonchev–Trinajstić information content (AvgIpc) is 2.55. The van der Waals surface area contributed by atoms with E-state index in [1.165, 1.54) is 43.8 Å². The van der Waals surface area contributed by atoms with E-state index in [1.54, 1.807) is 6.07 Å². The lowest BCUT2D eigenvalue weighted by Crippen LogP contribution is -2.02. The predicted octanol–water partition coefficient (Wildman–Crippen LogP) is 2.48. The van der Waals surface area contributed by atoms with Gasteiger partial charge in [0.1, 0.15) is 11.3 Å². The highest BCUT2D eigenvalue weighted by atomic mass is 19.1. The van der Waals surface area contributed by atoms with E-state index in [0.29, 0.717) is 11.1 Å². The quantitative estimate of drug-likeness (QED) is 0.515. The van der Waals surface area contributed by atoms with E-state index in [4.69, 9.17) is 5.11 Å². The Kier molecular flexibility index (Phi) is 5.03. The summed E-state index contributed by atoms with van der Waals surface area (Å²) in [6.07, 6.45) is 2.67. The highest BCUT2D eigenvalue weighted by Gasteiger charge is 2.11. The molecule has 7 heteroatoms. The number of carbonyl (C=O) groups excluding carboxylic acids is 1. The van der Waals surface area contributed by atoms with E-state index in [2.05, 4.69) is 14.9 Å². The molecule has 6 nitrogen and oxygen atoms in total. The minimum atomic E-state index is -0.751. The molecule has 118 valence electrons. The van der Waals surface area contributed by atoms with Crippen molar-refractivity contribution >= 4 is 18.4 Å². The van der Waals surface area contributed by atoms with Crippen LogP contribution >= 0.6 is 0 Å². The lowest BCUT2D eigenvalue weighted by molar-refractivity contribution is 0.0597. The molecular weight excluding hydrogens is 303 g/mol. The van der Waals surface area contributed by atoms with Gasteiger partial charge in [-0.15, -0.1) is 0 Å². The number of phenols is 2. The molecule has 0 bridgehead atoms. The van der Waals surface area contributed by atoms with E-state index >= 15 is 0 Å². The zero-order valence-electron chi connectivity index (χ0n) is 12.1. The molecule has 0 spiro atoms. The summed E-state index contributed by atoms with van der Waals surface area (Å²) in [7, 11) is 1.21. The molecule has 0 aliphatic heterocycles. The Bertz CT molecular complexity index is 788. The normalized spacial score (nSPS) is 11.2. The monoisotopic (exact) mass is 316 g/mol. The fourth-order valence-corrected chi connectivity index (χ4v) is 1.71. The molecule has 0 aliphatic rings. The van der Waals surface area contributed by atoms with Gasteiger partial charge in [-0.1, -0.05) is 0 Å². The second-order valence-electron chi connectivity index (χ2n) is 4.47. The molecule has 23 heavy (non-hydrogen) atoms. The molecule has 0 aliphatic carbocycles. The van der Waals surface area contributed by atoms with Crippen LogP contribution in [0.25, 0.3) is 0 Å².